The van der Waals surface area contributed by atoms with E-state index >= 15 is 0 Å². The van der Waals surface area contributed by atoms with Crippen molar-refractivity contribution in [2.24, 2.45) is 11.7 Å². The van der Waals surface area contributed by atoms with Crippen molar-refractivity contribution < 1.29 is 19.2 Å². The summed E-state index contributed by atoms with van der Waals surface area (Å²) in [5, 5.41) is 7.93. The molecule has 2 aromatic rings. The van der Waals surface area contributed by atoms with Crippen LogP contribution in [-0.2, 0) is 32.3 Å². The van der Waals surface area contributed by atoms with Gasteiger partial charge < -0.3 is 10.6 Å². The largest absolute Gasteiger partial charge is 0.348 e. The SMILES string of the molecule is CC1(C)CC(N(N)C(=O)C(=O)NCCCCCCCCCCCCNC(=O)C(=O)N(N)C2CC(C)(C)N(Cc3ccccc3)C(C)(C)C2)CC(C)(C)N1Cc1ccccc1. The summed E-state index contributed by atoms with van der Waals surface area (Å²) in [6.07, 6.45) is 13.1. The lowest BCUT2D eigenvalue weighted by Crippen LogP contribution is -2.66. The summed E-state index contributed by atoms with van der Waals surface area (Å²) < 4.78 is 0. The molecule has 2 aromatic carbocycles. The highest BCUT2D eigenvalue weighted by Crippen LogP contribution is 2.42. The number of hydrogen-bond acceptors (Lipinski definition) is 8. The number of nitrogens with two attached hydrogens (primary N) is 2. The second-order valence-corrected chi connectivity index (χ2v) is 20.0. The minimum Gasteiger partial charge on any atom is -0.348 e. The first-order valence-corrected chi connectivity index (χ1v) is 22.6. The number of rotatable bonds is 19. The molecule has 2 aliphatic heterocycles. The van der Waals surface area contributed by atoms with Crippen molar-refractivity contribution in [3.8, 4) is 0 Å². The van der Waals surface area contributed by atoms with Gasteiger partial charge >= 0.3 is 23.6 Å². The van der Waals surface area contributed by atoms with Crippen LogP contribution in [0.25, 0.3) is 0 Å². The molecular weight excluding hydrogens is 753 g/mol. The van der Waals surface area contributed by atoms with Gasteiger partial charge in [0.05, 0.1) is 12.1 Å². The molecule has 2 saturated heterocycles. The molecule has 0 aliphatic carbocycles. The van der Waals surface area contributed by atoms with Gasteiger partial charge in [-0.3, -0.25) is 39.0 Å². The molecule has 2 heterocycles. The molecular formula is C48H78N8O4. The fourth-order valence-electron chi connectivity index (χ4n) is 10.1. The third-order valence-electron chi connectivity index (χ3n) is 13.0. The van der Waals surface area contributed by atoms with E-state index in [0.29, 0.717) is 38.8 Å². The van der Waals surface area contributed by atoms with E-state index in [4.69, 9.17) is 11.7 Å². The first kappa shape index (κ1) is 48.8. The van der Waals surface area contributed by atoms with Gasteiger partial charge in [0.2, 0.25) is 0 Å². The quantitative estimate of drug-likeness (QED) is 0.0389. The average molecular weight is 831 g/mol. The fourth-order valence-corrected chi connectivity index (χ4v) is 10.1. The van der Waals surface area contributed by atoms with Crippen LogP contribution in [0.4, 0.5) is 0 Å². The van der Waals surface area contributed by atoms with Gasteiger partial charge in [0.1, 0.15) is 0 Å². The third kappa shape index (κ3) is 13.8. The van der Waals surface area contributed by atoms with E-state index in [1.54, 1.807) is 0 Å². The maximum absolute atomic E-state index is 13.0. The number of carbonyl (C=O) groups is 4. The molecule has 4 amide bonds. The molecule has 12 nitrogen and oxygen atoms in total. The number of amides is 4. The average Bonchev–Trinajstić information content (AvgIpc) is 3.19. The lowest BCUT2D eigenvalue weighted by Gasteiger charge is -2.56. The van der Waals surface area contributed by atoms with Crippen LogP contribution in [0, 0.1) is 0 Å². The Balaban J connectivity index is 1.01. The number of hydrazine groups is 2. The van der Waals surface area contributed by atoms with Crippen molar-refractivity contribution in [1.29, 1.82) is 0 Å². The number of unbranched alkanes of at least 4 members (excludes halogenated alkanes) is 9. The van der Waals surface area contributed by atoms with Gasteiger partial charge in [0, 0.05) is 48.3 Å². The summed E-state index contributed by atoms with van der Waals surface area (Å²) >= 11 is 0. The third-order valence-corrected chi connectivity index (χ3v) is 13.0. The molecule has 0 unspecified atom stereocenters. The minimum atomic E-state index is -0.670. The van der Waals surface area contributed by atoms with Gasteiger partial charge in [-0.1, -0.05) is 112 Å². The second kappa shape index (κ2) is 21.8. The Hall–Kier alpha value is -3.84. The Morgan fingerprint density at radius 2 is 0.767 bits per heavy atom. The number of benzene rings is 2. The van der Waals surface area contributed by atoms with Crippen LogP contribution in [0.5, 0.6) is 0 Å². The number of nitrogens with one attached hydrogen (secondary N) is 2. The predicted octanol–water partition coefficient (Wildman–Crippen LogP) is 6.97. The van der Waals surface area contributed by atoms with E-state index < -0.39 is 23.6 Å². The highest BCUT2D eigenvalue weighted by Gasteiger charge is 2.49. The molecule has 4 rings (SSSR count). The van der Waals surface area contributed by atoms with Crippen LogP contribution in [0.3, 0.4) is 0 Å². The maximum Gasteiger partial charge on any atom is 0.326 e. The summed E-state index contributed by atoms with van der Waals surface area (Å²) in [5.41, 5.74) is 1.62. The number of piperidine rings is 2. The summed E-state index contributed by atoms with van der Waals surface area (Å²) in [6, 6.07) is 20.4. The first-order chi connectivity index (χ1) is 28.2. The second-order valence-electron chi connectivity index (χ2n) is 20.0. The van der Waals surface area contributed by atoms with Crippen LogP contribution in [0.2, 0.25) is 0 Å². The van der Waals surface area contributed by atoms with Gasteiger partial charge in [-0.15, -0.1) is 0 Å². The van der Waals surface area contributed by atoms with Crippen LogP contribution in [0.1, 0.15) is 156 Å². The summed E-state index contributed by atoms with van der Waals surface area (Å²) in [6.45, 7) is 20.0. The number of hydrogen-bond donors (Lipinski definition) is 4. The van der Waals surface area contributed by atoms with E-state index in [-0.39, 0.29) is 34.2 Å². The zero-order valence-electron chi connectivity index (χ0n) is 38.2. The topological polar surface area (TPSA) is 157 Å². The first-order valence-electron chi connectivity index (χ1n) is 22.6. The minimum absolute atomic E-state index is 0.217. The van der Waals surface area contributed by atoms with Gasteiger partial charge in [0.15, 0.2) is 0 Å². The van der Waals surface area contributed by atoms with Crippen LogP contribution in [0.15, 0.2) is 60.7 Å². The van der Waals surface area contributed by atoms with Crippen LogP contribution in [-0.4, -0.2) is 90.8 Å². The smallest absolute Gasteiger partial charge is 0.326 e. The molecule has 0 saturated carbocycles. The van der Waals surface area contributed by atoms with Crippen molar-refractivity contribution in [1.82, 2.24) is 30.5 Å². The molecule has 0 bridgehead atoms. The van der Waals surface area contributed by atoms with Crippen LogP contribution >= 0.6 is 0 Å². The molecule has 12 heteroatoms. The number of nitrogens with zero attached hydrogens (tertiary/aromatic N) is 4. The number of likely N-dealkylation sites (tertiary alicyclic amines) is 2. The molecule has 334 valence electrons. The fraction of sp³-hybridized carbons (Fsp3) is 0.667. The normalized spacial score (nSPS) is 19.0. The van der Waals surface area contributed by atoms with Crippen LogP contribution < -0.4 is 22.3 Å². The Labute approximate surface area is 361 Å². The van der Waals surface area contributed by atoms with Gasteiger partial charge in [-0.05, 0) is 105 Å². The molecule has 6 N–H and O–H groups in total. The Morgan fingerprint density at radius 3 is 1.05 bits per heavy atom. The molecule has 0 radical (unpaired) electrons. The zero-order valence-corrected chi connectivity index (χ0v) is 38.2. The van der Waals surface area contributed by atoms with Gasteiger partial charge in [-0.2, -0.15) is 0 Å². The summed E-state index contributed by atoms with van der Waals surface area (Å²) in [5.74, 6) is 10.1. The Bertz CT molecular complexity index is 1520. The molecule has 0 aromatic heterocycles. The van der Waals surface area contributed by atoms with Crippen molar-refractivity contribution in [3.63, 3.8) is 0 Å². The van der Waals surface area contributed by atoms with Crippen molar-refractivity contribution in [2.75, 3.05) is 13.1 Å². The monoisotopic (exact) mass is 831 g/mol. The maximum atomic E-state index is 13.0. The predicted molar refractivity (Wildman–Crippen MR) is 241 cm³/mol. The Kier molecular flexibility index (Phi) is 17.7. The van der Waals surface area contributed by atoms with Crippen molar-refractivity contribution >= 4 is 23.6 Å². The van der Waals surface area contributed by atoms with E-state index in [1.165, 1.54) is 21.1 Å². The molecule has 0 spiro atoms. The standard InChI is InChI=1S/C48H78N8O4/c1-45(2)31-39(32-46(3,4)53(45)35-37-25-19-17-20-26-37)55(49)43(59)41(57)51-29-23-15-13-11-9-10-12-14-16-24-30-52-42(58)44(60)56(50)40-33-47(5,6)54(48(7,8)34-40)36-38-27-21-18-22-28-38/h17-22,25-28,39-40H,9-16,23-24,29-36,49-50H2,1-8H3,(H,51,57)(H,52,58). The summed E-state index contributed by atoms with van der Waals surface area (Å²) in [4.78, 5) is 56.6. The highest BCUT2D eigenvalue weighted by molar-refractivity contribution is 6.35. The summed E-state index contributed by atoms with van der Waals surface area (Å²) in [7, 11) is 0. The van der Waals surface area contributed by atoms with Gasteiger partial charge in [0.25, 0.3) is 0 Å². The van der Waals surface area contributed by atoms with E-state index in [0.717, 1.165) is 77.3 Å². The lowest BCUT2D eigenvalue weighted by molar-refractivity contribution is -0.151. The highest BCUT2D eigenvalue weighted by atomic mass is 16.2. The van der Waals surface area contributed by atoms with Crippen molar-refractivity contribution in [2.45, 2.75) is 193 Å². The van der Waals surface area contributed by atoms with E-state index in [2.05, 4.69) is 124 Å². The van der Waals surface area contributed by atoms with Crippen molar-refractivity contribution in [3.05, 3.63) is 71.8 Å². The lowest BCUT2D eigenvalue weighted by atomic mass is 9.76. The molecule has 60 heavy (non-hydrogen) atoms. The molecule has 2 fully saturated rings. The molecule has 2 aliphatic rings. The number of carbonyl (C=O) groups excluding carboxylic acids is 4. The van der Waals surface area contributed by atoms with E-state index in [9.17, 15) is 19.2 Å². The zero-order chi connectivity index (χ0) is 44.1. The molecule has 0 atom stereocenters. The van der Waals surface area contributed by atoms with E-state index in [1.807, 2.05) is 12.1 Å². The Morgan fingerprint density at radius 1 is 0.500 bits per heavy atom. The van der Waals surface area contributed by atoms with Gasteiger partial charge in [-0.25, -0.2) is 11.7 Å².